The fraction of sp³-hybridized carbons (Fsp3) is 1.00. The summed E-state index contributed by atoms with van der Waals surface area (Å²) in [5, 5.41) is 0. The molecule has 188 valence electrons. The molecule has 0 aliphatic carbocycles. The monoisotopic (exact) mass is 530 g/mol. The maximum Gasteiger partial charge on any atom is 0.200 e. The molecule has 0 aliphatic rings. The second kappa shape index (κ2) is 21.8. The van der Waals surface area contributed by atoms with Crippen LogP contribution in [-0.4, -0.2) is 55.0 Å². The zero-order valence-corrected chi connectivity index (χ0v) is 26.4. The molecule has 0 amide bonds. The lowest BCUT2D eigenvalue weighted by Gasteiger charge is -2.35. The Morgan fingerprint density at radius 1 is 0.516 bits per heavy atom. The third-order valence-corrected chi connectivity index (χ3v) is 15.4. The van der Waals surface area contributed by atoms with Crippen LogP contribution in [0.15, 0.2) is 0 Å². The molecule has 0 N–H and O–H groups in total. The van der Waals surface area contributed by atoms with Crippen molar-refractivity contribution in [3.05, 3.63) is 0 Å². The summed E-state index contributed by atoms with van der Waals surface area (Å²) >= 11 is 0. The van der Waals surface area contributed by atoms with Gasteiger partial charge in [-0.25, -0.2) is 0 Å². The van der Waals surface area contributed by atoms with E-state index in [4.69, 9.17) is 18.9 Å². The molecule has 0 bridgehead atoms. The van der Waals surface area contributed by atoms with Crippen molar-refractivity contribution in [2.24, 2.45) is 0 Å². The molecule has 0 radical (unpaired) electrons. The molecule has 0 unspecified atom stereocenters. The van der Waals surface area contributed by atoms with E-state index in [0.717, 1.165) is 77.8 Å². The molecule has 4 nitrogen and oxygen atoms in total. The standard InChI is InChI=1S/C22H50O4S3Si2/c1-7-13-17-23-21(30-11-5,24-18-14-8-2)27-29-28-22(31-12-6,25-19-15-9-3)26-20-16-10-4/h7-20,30-31H2,1-6H3. The minimum atomic E-state index is -0.528. The summed E-state index contributed by atoms with van der Waals surface area (Å²) in [4.78, 5) is 0. The first-order valence-electron chi connectivity index (χ1n) is 12.7. The molecule has 0 spiro atoms. The largest absolute Gasteiger partial charge is 0.345 e. The van der Waals surface area contributed by atoms with Crippen LogP contribution in [-0.2, 0) is 18.9 Å². The summed E-state index contributed by atoms with van der Waals surface area (Å²) in [5.74, 6) is 0. The lowest BCUT2D eigenvalue weighted by molar-refractivity contribution is -0.118. The number of unbranched alkanes of at least 4 members (excludes halogenated alkanes) is 4. The van der Waals surface area contributed by atoms with Gasteiger partial charge in [-0.2, -0.15) is 0 Å². The van der Waals surface area contributed by atoms with Gasteiger partial charge >= 0.3 is 0 Å². The summed E-state index contributed by atoms with van der Waals surface area (Å²) in [5.41, 5.74) is 0. The van der Waals surface area contributed by atoms with Crippen molar-refractivity contribution in [3.63, 3.8) is 0 Å². The van der Waals surface area contributed by atoms with Gasteiger partial charge < -0.3 is 18.9 Å². The zero-order valence-electron chi connectivity index (χ0n) is 21.2. The average molecular weight is 531 g/mol. The van der Waals surface area contributed by atoms with Crippen LogP contribution in [0.5, 0.6) is 0 Å². The Balaban J connectivity index is 5.21. The van der Waals surface area contributed by atoms with Gasteiger partial charge in [0.2, 0.25) is 9.48 Å². The Morgan fingerprint density at radius 2 is 0.806 bits per heavy atom. The second-order valence-corrected chi connectivity index (χ2v) is 18.1. The van der Waals surface area contributed by atoms with Crippen molar-refractivity contribution < 1.29 is 18.9 Å². The predicted octanol–water partition coefficient (Wildman–Crippen LogP) is 6.72. The zero-order chi connectivity index (χ0) is 23.3. The van der Waals surface area contributed by atoms with E-state index in [-0.39, 0.29) is 0 Å². The van der Waals surface area contributed by atoms with Crippen molar-refractivity contribution in [2.75, 3.05) is 26.4 Å². The van der Waals surface area contributed by atoms with Crippen LogP contribution >= 0.6 is 31.4 Å². The smallest absolute Gasteiger partial charge is 0.200 e. The SMILES string of the molecule is CCCCOC(OCCCC)([SiH2]CC)SSSC(OCCCC)(OCCCC)[SiH2]CC. The molecular formula is C22H50O4S3Si2. The predicted molar refractivity (Wildman–Crippen MR) is 150 cm³/mol. The molecule has 0 heterocycles. The maximum atomic E-state index is 6.43. The topological polar surface area (TPSA) is 36.9 Å². The molecule has 0 aromatic carbocycles. The summed E-state index contributed by atoms with van der Waals surface area (Å²) < 4.78 is 24.8. The van der Waals surface area contributed by atoms with Crippen LogP contribution in [0.3, 0.4) is 0 Å². The quantitative estimate of drug-likeness (QED) is 0.0593. The third kappa shape index (κ3) is 15.8. The van der Waals surface area contributed by atoms with Gasteiger partial charge in [0.1, 0.15) is 19.0 Å². The molecule has 0 saturated heterocycles. The van der Waals surface area contributed by atoms with Gasteiger partial charge in [-0.1, -0.05) is 79.3 Å². The highest BCUT2D eigenvalue weighted by Gasteiger charge is 2.37. The lowest BCUT2D eigenvalue weighted by atomic mass is 10.4. The fourth-order valence-corrected chi connectivity index (χ4v) is 15.4. The van der Waals surface area contributed by atoms with Crippen LogP contribution in [0.4, 0.5) is 0 Å². The normalized spacial score (nSPS) is 13.4. The molecule has 0 atom stereocenters. The van der Waals surface area contributed by atoms with Gasteiger partial charge in [-0.05, 0) is 57.1 Å². The highest BCUT2D eigenvalue weighted by molar-refractivity contribution is 9.10. The Labute approximate surface area is 209 Å². The van der Waals surface area contributed by atoms with Gasteiger partial charge in [-0.15, -0.1) is 0 Å². The third-order valence-electron chi connectivity index (χ3n) is 4.71. The van der Waals surface area contributed by atoms with Crippen molar-refractivity contribution in [2.45, 2.75) is 114 Å². The molecule has 0 rings (SSSR count). The Hall–Kier alpha value is 1.32. The van der Waals surface area contributed by atoms with Gasteiger partial charge in [-0.3, -0.25) is 0 Å². The van der Waals surface area contributed by atoms with Crippen LogP contribution < -0.4 is 0 Å². The number of hydrogen-bond donors (Lipinski definition) is 0. The fourth-order valence-electron chi connectivity index (χ4n) is 2.77. The van der Waals surface area contributed by atoms with E-state index < -0.39 is 28.5 Å². The summed E-state index contributed by atoms with van der Waals surface area (Å²) in [6, 6.07) is 2.34. The van der Waals surface area contributed by atoms with Gasteiger partial charge in [0.25, 0.3) is 0 Å². The lowest BCUT2D eigenvalue weighted by Crippen LogP contribution is -2.40. The van der Waals surface area contributed by atoms with E-state index in [9.17, 15) is 0 Å². The van der Waals surface area contributed by atoms with E-state index in [1.807, 2.05) is 0 Å². The van der Waals surface area contributed by atoms with Gasteiger partial charge in [0.15, 0.2) is 0 Å². The first-order chi connectivity index (χ1) is 15.1. The highest BCUT2D eigenvalue weighted by atomic mass is 33.5. The molecule has 0 aromatic heterocycles. The van der Waals surface area contributed by atoms with E-state index in [0.29, 0.717) is 0 Å². The van der Waals surface area contributed by atoms with E-state index in [1.165, 1.54) is 12.1 Å². The molecule has 0 aliphatic heterocycles. The molecule has 31 heavy (non-hydrogen) atoms. The Kier molecular flexibility index (Phi) is 22.8. The van der Waals surface area contributed by atoms with E-state index in [1.54, 1.807) is 31.4 Å². The average Bonchev–Trinajstić information content (AvgIpc) is 2.75. The van der Waals surface area contributed by atoms with Gasteiger partial charge in [0.05, 0.1) is 26.4 Å². The van der Waals surface area contributed by atoms with E-state index in [2.05, 4.69) is 41.5 Å². The van der Waals surface area contributed by atoms with Crippen molar-refractivity contribution >= 4 is 50.5 Å². The van der Waals surface area contributed by atoms with Crippen LogP contribution in [0.1, 0.15) is 92.9 Å². The first-order valence-corrected chi connectivity index (χ1v) is 19.6. The summed E-state index contributed by atoms with van der Waals surface area (Å²) in [6.45, 7) is 16.5. The first kappa shape index (κ1) is 32.3. The maximum absolute atomic E-state index is 6.43. The van der Waals surface area contributed by atoms with Crippen molar-refractivity contribution in [3.8, 4) is 0 Å². The molecule has 0 saturated carbocycles. The van der Waals surface area contributed by atoms with Crippen LogP contribution in [0.25, 0.3) is 0 Å². The Morgan fingerprint density at radius 3 is 1.03 bits per heavy atom. The van der Waals surface area contributed by atoms with Crippen LogP contribution in [0.2, 0.25) is 12.1 Å². The van der Waals surface area contributed by atoms with Gasteiger partial charge in [0, 0.05) is 0 Å². The number of rotatable bonds is 24. The molecular weight excluding hydrogens is 481 g/mol. The van der Waals surface area contributed by atoms with Crippen molar-refractivity contribution in [1.29, 1.82) is 0 Å². The molecule has 0 aromatic rings. The minimum absolute atomic E-state index is 0.441. The molecule has 0 fully saturated rings. The number of hydrogen-bond acceptors (Lipinski definition) is 7. The second-order valence-electron chi connectivity index (χ2n) is 7.91. The summed E-state index contributed by atoms with van der Waals surface area (Å²) in [6.07, 6.45) is 8.93. The number of ether oxygens (including phenoxy) is 4. The minimum Gasteiger partial charge on any atom is -0.345 e. The molecule has 9 heteroatoms. The van der Waals surface area contributed by atoms with Crippen molar-refractivity contribution in [1.82, 2.24) is 0 Å². The van der Waals surface area contributed by atoms with Crippen LogP contribution in [0, 0.1) is 0 Å². The highest BCUT2D eigenvalue weighted by Crippen LogP contribution is 2.50. The summed E-state index contributed by atoms with van der Waals surface area (Å²) in [7, 11) is 4.30. The Bertz CT molecular complexity index is 342. The van der Waals surface area contributed by atoms with E-state index >= 15 is 0 Å².